The van der Waals surface area contributed by atoms with Crippen molar-refractivity contribution in [1.29, 1.82) is 0 Å². The normalized spacial score (nSPS) is 17.0. The Hall–Kier alpha value is -3.46. The number of nitrogens with zero attached hydrogens (tertiary/aromatic N) is 1. The first-order valence-electron chi connectivity index (χ1n) is 12.2. The average Bonchev–Trinajstić information content (AvgIpc) is 3.17. The number of thiazole rings is 1. The van der Waals surface area contributed by atoms with Crippen LogP contribution in [0.5, 0.6) is 0 Å². The number of fused-ring (bicyclic) bond motifs is 3. The third-order valence-electron chi connectivity index (χ3n) is 6.62. The number of benzene rings is 3. The Kier molecular flexibility index (Phi) is 6.32. The molecule has 188 valence electrons. The van der Waals surface area contributed by atoms with E-state index in [0.29, 0.717) is 30.1 Å². The van der Waals surface area contributed by atoms with Crippen molar-refractivity contribution in [1.82, 2.24) is 10.3 Å². The molecule has 2 N–H and O–H groups in total. The second-order valence-corrected chi connectivity index (χ2v) is 10.6. The Morgan fingerprint density at radius 1 is 1.00 bits per heavy atom. The van der Waals surface area contributed by atoms with Gasteiger partial charge in [-0.1, -0.05) is 48.0 Å². The van der Waals surface area contributed by atoms with Gasteiger partial charge in [-0.25, -0.2) is 4.98 Å². The van der Waals surface area contributed by atoms with Crippen LogP contribution >= 0.6 is 22.9 Å². The summed E-state index contributed by atoms with van der Waals surface area (Å²) >= 11 is 8.32. The van der Waals surface area contributed by atoms with Crippen LogP contribution < -0.4 is 10.6 Å². The van der Waals surface area contributed by atoms with E-state index >= 15 is 0 Å². The minimum atomic E-state index is -1.51. The van der Waals surface area contributed by atoms with Gasteiger partial charge >= 0.3 is 11.9 Å². The number of esters is 2. The molecule has 2 aliphatic heterocycles. The van der Waals surface area contributed by atoms with E-state index in [-0.39, 0.29) is 19.4 Å². The fourth-order valence-electron chi connectivity index (χ4n) is 4.84. The fourth-order valence-corrected chi connectivity index (χ4v) is 6.12. The number of halogens is 1. The molecule has 0 aliphatic carbocycles. The minimum Gasteiger partial charge on any atom is -0.416 e. The van der Waals surface area contributed by atoms with Crippen LogP contribution in [0, 0.1) is 0 Å². The molecule has 0 atom stereocenters. The van der Waals surface area contributed by atoms with Gasteiger partial charge in [-0.3, -0.25) is 9.59 Å². The Morgan fingerprint density at radius 2 is 1.78 bits per heavy atom. The molecular weight excluding hydrogens is 510 g/mol. The van der Waals surface area contributed by atoms with E-state index in [1.54, 1.807) is 23.5 Å². The zero-order chi connectivity index (χ0) is 25.4. The summed E-state index contributed by atoms with van der Waals surface area (Å²) in [5.41, 5.74) is 5.39. The molecule has 7 nitrogen and oxygen atoms in total. The van der Waals surface area contributed by atoms with E-state index in [9.17, 15) is 9.59 Å². The molecule has 9 heteroatoms. The predicted molar refractivity (Wildman–Crippen MR) is 144 cm³/mol. The fraction of sp³-hybridized carbons (Fsp3) is 0.250. The topological polar surface area (TPSA) is 89.6 Å². The Labute approximate surface area is 222 Å². The molecule has 1 spiro atoms. The maximum atomic E-state index is 12.4. The molecule has 3 aromatic carbocycles. The van der Waals surface area contributed by atoms with E-state index in [4.69, 9.17) is 26.1 Å². The van der Waals surface area contributed by atoms with Crippen molar-refractivity contribution < 1.29 is 19.1 Å². The van der Waals surface area contributed by atoms with Crippen molar-refractivity contribution in [2.75, 3.05) is 18.4 Å². The van der Waals surface area contributed by atoms with Gasteiger partial charge in [-0.15, -0.1) is 11.3 Å². The first-order valence-corrected chi connectivity index (χ1v) is 13.4. The third-order valence-corrected chi connectivity index (χ3v) is 8.00. The largest absolute Gasteiger partial charge is 0.416 e. The Morgan fingerprint density at radius 3 is 2.57 bits per heavy atom. The summed E-state index contributed by atoms with van der Waals surface area (Å²) in [5, 5.41) is 8.28. The van der Waals surface area contributed by atoms with Crippen molar-refractivity contribution in [2.24, 2.45) is 0 Å². The molecule has 4 aromatic rings. The van der Waals surface area contributed by atoms with E-state index in [1.807, 2.05) is 24.3 Å². The lowest BCUT2D eigenvalue weighted by molar-refractivity contribution is -0.225. The molecule has 2 aliphatic rings. The number of rotatable bonds is 4. The monoisotopic (exact) mass is 533 g/mol. The lowest BCUT2D eigenvalue weighted by atomic mass is 9.96. The van der Waals surface area contributed by atoms with Crippen molar-refractivity contribution in [3.63, 3.8) is 0 Å². The Balaban J connectivity index is 1.31. The molecular formula is C28H24ClN3O4S. The first-order chi connectivity index (χ1) is 18.0. The molecule has 1 saturated heterocycles. The van der Waals surface area contributed by atoms with Crippen LogP contribution in [0.15, 0.2) is 60.7 Å². The first kappa shape index (κ1) is 23.9. The number of hydrogen-bond donors (Lipinski definition) is 2. The summed E-state index contributed by atoms with van der Waals surface area (Å²) in [4.78, 5) is 29.5. The van der Waals surface area contributed by atoms with Gasteiger partial charge in [0.15, 0.2) is 0 Å². The highest BCUT2D eigenvalue weighted by Crippen LogP contribution is 2.40. The maximum absolute atomic E-state index is 12.4. The quantitative estimate of drug-likeness (QED) is 0.339. The number of ether oxygens (including phenoxy) is 2. The van der Waals surface area contributed by atoms with Gasteiger partial charge < -0.3 is 20.1 Å². The van der Waals surface area contributed by atoms with E-state index in [0.717, 1.165) is 37.6 Å². The number of aromatic nitrogens is 1. The zero-order valence-corrected chi connectivity index (χ0v) is 21.5. The zero-order valence-electron chi connectivity index (χ0n) is 19.9. The van der Waals surface area contributed by atoms with E-state index < -0.39 is 17.7 Å². The van der Waals surface area contributed by atoms with Crippen molar-refractivity contribution in [2.45, 2.75) is 31.6 Å². The van der Waals surface area contributed by atoms with Gasteiger partial charge in [0.05, 0.1) is 40.3 Å². The summed E-state index contributed by atoms with van der Waals surface area (Å²) in [6.07, 6.45) is 0.630. The van der Waals surface area contributed by atoms with Crippen LogP contribution in [0.25, 0.3) is 20.8 Å². The van der Waals surface area contributed by atoms with E-state index in [2.05, 4.69) is 34.9 Å². The van der Waals surface area contributed by atoms with Gasteiger partial charge in [0, 0.05) is 17.7 Å². The van der Waals surface area contributed by atoms with Gasteiger partial charge in [-0.05, 0) is 48.4 Å². The molecule has 37 heavy (non-hydrogen) atoms. The van der Waals surface area contributed by atoms with Crippen LogP contribution in [-0.4, -0.2) is 30.0 Å². The smallest absolute Gasteiger partial charge is 0.309 e. The molecule has 1 fully saturated rings. The number of carbonyl (C=O) groups excluding carboxylic acids is 2. The van der Waals surface area contributed by atoms with Crippen LogP contribution in [0.3, 0.4) is 0 Å². The summed E-state index contributed by atoms with van der Waals surface area (Å²) in [5.74, 6) is -2.43. The second-order valence-electron chi connectivity index (χ2n) is 9.12. The molecule has 0 bridgehead atoms. The molecule has 1 aromatic heterocycles. The number of nitrogens with one attached hydrogen (secondary N) is 2. The van der Waals surface area contributed by atoms with Crippen LogP contribution in [0.4, 0.5) is 5.69 Å². The summed E-state index contributed by atoms with van der Waals surface area (Å²) in [6.45, 7) is 1.34. The molecule has 3 heterocycles. The molecule has 0 saturated carbocycles. The van der Waals surface area contributed by atoms with E-state index in [1.165, 1.54) is 0 Å². The second kappa shape index (κ2) is 9.78. The summed E-state index contributed by atoms with van der Waals surface area (Å²) < 4.78 is 12.6. The highest BCUT2D eigenvalue weighted by atomic mass is 35.5. The van der Waals surface area contributed by atoms with Crippen molar-refractivity contribution >= 4 is 50.8 Å². The number of hydrogen-bond acceptors (Lipinski definition) is 8. The van der Waals surface area contributed by atoms with Crippen molar-refractivity contribution in [3.05, 3.63) is 82.4 Å². The maximum Gasteiger partial charge on any atom is 0.309 e. The lowest BCUT2D eigenvalue weighted by Crippen LogP contribution is -2.43. The predicted octanol–water partition coefficient (Wildman–Crippen LogP) is 5.41. The van der Waals surface area contributed by atoms with Crippen LogP contribution in [0.1, 0.15) is 29.5 Å². The molecule has 0 radical (unpaired) electrons. The lowest BCUT2D eigenvalue weighted by Gasteiger charge is -2.32. The standard InChI is InChI=1S/C28H24ClN3O4S/c29-21-8-7-20-19(12-13-30-16-28(20)35-24(33)10-11-25(34)36-28)26(21)31-15-17-6-9-22-23(14-17)37-27(32-22)18-4-2-1-3-5-18/h1-9,14,30-31H,10-13,15-16H2. The third kappa shape index (κ3) is 4.68. The van der Waals surface area contributed by atoms with Gasteiger partial charge in [0.1, 0.15) is 5.01 Å². The highest BCUT2D eigenvalue weighted by molar-refractivity contribution is 7.21. The van der Waals surface area contributed by atoms with Gasteiger partial charge in [0.25, 0.3) is 5.79 Å². The molecule has 0 amide bonds. The molecule has 0 unspecified atom stereocenters. The van der Waals surface area contributed by atoms with Gasteiger partial charge in [-0.2, -0.15) is 0 Å². The van der Waals surface area contributed by atoms with Crippen molar-refractivity contribution in [3.8, 4) is 10.6 Å². The highest BCUT2D eigenvalue weighted by Gasteiger charge is 2.46. The van der Waals surface area contributed by atoms with Crippen LogP contribution in [0.2, 0.25) is 5.02 Å². The van der Waals surface area contributed by atoms with Gasteiger partial charge in [0.2, 0.25) is 0 Å². The summed E-state index contributed by atoms with van der Waals surface area (Å²) in [7, 11) is 0. The minimum absolute atomic E-state index is 0.000650. The average molecular weight is 534 g/mol. The number of anilines is 1. The number of carbonyl (C=O) groups is 2. The molecule has 6 rings (SSSR count). The summed E-state index contributed by atoms with van der Waals surface area (Å²) in [6, 6.07) is 19.9. The Bertz CT molecular complexity index is 1490. The SMILES string of the molecule is O=C1CCC(=O)OC2(CNCCc3c2ccc(Cl)c3NCc2ccc3nc(-c4ccccc4)sc3c2)O1. The van der Waals surface area contributed by atoms with Crippen LogP contribution in [-0.2, 0) is 37.8 Å².